The third kappa shape index (κ3) is 5.18. The molecule has 0 aliphatic rings. The summed E-state index contributed by atoms with van der Waals surface area (Å²) in [5.74, 6) is -0.831. The Bertz CT molecular complexity index is 377. The average molecular weight is 252 g/mol. The van der Waals surface area contributed by atoms with E-state index in [9.17, 15) is 18.0 Å². The second-order valence-electron chi connectivity index (χ2n) is 3.06. The highest BCUT2D eigenvalue weighted by Gasteiger charge is 2.28. The third-order valence-corrected chi connectivity index (χ3v) is 1.63. The highest BCUT2D eigenvalue weighted by molar-refractivity contribution is 5.88. The minimum Gasteiger partial charge on any atom is -0.463 e. The van der Waals surface area contributed by atoms with Crippen molar-refractivity contribution in [3.8, 4) is 6.01 Å². The summed E-state index contributed by atoms with van der Waals surface area (Å²) in [5.41, 5.74) is 0. The first-order valence-corrected chi connectivity index (χ1v) is 4.82. The zero-order chi connectivity index (χ0) is 12.9. The summed E-state index contributed by atoms with van der Waals surface area (Å²) in [7, 11) is 0. The maximum atomic E-state index is 11.8. The zero-order valence-corrected chi connectivity index (χ0v) is 8.97. The lowest BCUT2D eigenvalue weighted by Gasteiger charge is -2.04. The number of carbonyl (C=O) groups excluding carboxylic acids is 1. The SMILES string of the molecule is CCOc1n[nH]c(NC(=O)CCC(F)(F)F)n1. The molecular weight excluding hydrogens is 241 g/mol. The summed E-state index contributed by atoms with van der Waals surface area (Å²) >= 11 is 0. The number of nitrogens with zero attached hydrogens (tertiary/aromatic N) is 2. The van der Waals surface area contributed by atoms with Crippen molar-refractivity contribution in [2.75, 3.05) is 11.9 Å². The number of halogens is 3. The van der Waals surface area contributed by atoms with Gasteiger partial charge in [0.25, 0.3) is 0 Å². The standard InChI is InChI=1S/C8H11F3N4O2/c1-2-17-7-13-6(14-15-7)12-5(16)3-4-8(9,10)11/h2-4H2,1H3,(H2,12,13,14,15,16). The second kappa shape index (κ2) is 5.51. The lowest BCUT2D eigenvalue weighted by Crippen LogP contribution is -2.17. The molecule has 0 aliphatic heterocycles. The van der Waals surface area contributed by atoms with Gasteiger partial charge in [0.1, 0.15) is 0 Å². The van der Waals surface area contributed by atoms with Crippen LogP contribution in [0, 0.1) is 0 Å². The molecule has 6 nitrogen and oxygen atoms in total. The molecule has 1 heterocycles. The molecule has 96 valence electrons. The van der Waals surface area contributed by atoms with Gasteiger partial charge in [-0.3, -0.25) is 10.1 Å². The number of hydrogen-bond acceptors (Lipinski definition) is 4. The van der Waals surface area contributed by atoms with Crippen LogP contribution in [0.4, 0.5) is 19.1 Å². The smallest absolute Gasteiger partial charge is 0.389 e. The van der Waals surface area contributed by atoms with Gasteiger partial charge in [0.05, 0.1) is 13.0 Å². The van der Waals surface area contributed by atoms with Gasteiger partial charge in [0.2, 0.25) is 11.9 Å². The molecule has 1 aromatic rings. The monoisotopic (exact) mass is 252 g/mol. The van der Waals surface area contributed by atoms with Crippen LogP contribution in [0.3, 0.4) is 0 Å². The predicted octanol–water partition coefficient (Wildman–Crippen LogP) is 1.48. The van der Waals surface area contributed by atoms with Crippen LogP contribution in [-0.2, 0) is 4.79 Å². The molecule has 1 rings (SSSR count). The Labute approximate surface area is 94.6 Å². The molecule has 0 bridgehead atoms. The van der Waals surface area contributed by atoms with E-state index in [1.165, 1.54) is 0 Å². The number of anilines is 1. The average Bonchev–Trinajstić information content (AvgIpc) is 2.62. The summed E-state index contributed by atoms with van der Waals surface area (Å²) in [4.78, 5) is 14.8. The number of aromatic nitrogens is 3. The molecule has 0 atom stereocenters. The molecule has 0 aromatic carbocycles. The molecule has 0 aliphatic carbocycles. The Morgan fingerprint density at radius 1 is 1.53 bits per heavy atom. The van der Waals surface area contributed by atoms with E-state index in [0.29, 0.717) is 6.61 Å². The number of alkyl halides is 3. The van der Waals surface area contributed by atoms with Gasteiger partial charge in [-0.05, 0) is 6.92 Å². The molecule has 17 heavy (non-hydrogen) atoms. The van der Waals surface area contributed by atoms with Gasteiger partial charge >= 0.3 is 12.2 Å². The first-order valence-electron chi connectivity index (χ1n) is 4.82. The fourth-order valence-corrected chi connectivity index (χ4v) is 0.946. The first kappa shape index (κ1) is 13.3. The third-order valence-electron chi connectivity index (χ3n) is 1.63. The van der Waals surface area contributed by atoms with Crippen molar-refractivity contribution in [2.45, 2.75) is 25.9 Å². The van der Waals surface area contributed by atoms with Gasteiger partial charge in [-0.2, -0.15) is 18.2 Å². The highest BCUT2D eigenvalue weighted by atomic mass is 19.4. The molecule has 0 unspecified atom stereocenters. The van der Waals surface area contributed by atoms with Gasteiger partial charge in [0.15, 0.2) is 0 Å². The Balaban J connectivity index is 2.39. The van der Waals surface area contributed by atoms with Crippen LogP contribution >= 0.6 is 0 Å². The summed E-state index contributed by atoms with van der Waals surface area (Å²) in [6.45, 7) is 2.07. The van der Waals surface area contributed by atoms with Gasteiger partial charge in [-0.25, -0.2) is 5.10 Å². The van der Waals surface area contributed by atoms with Crippen LogP contribution in [-0.4, -0.2) is 33.9 Å². The number of ether oxygens (including phenoxy) is 1. The van der Waals surface area contributed by atoms with Gasteiger partial charge in [0, 0.05) is 6.42 Å². The van der Waals surface area contributed by atoms with Crippen LogP contribution in [0.5, 0.6) is 6.01 Å². The molecule has 0 radical (unpaired) electrons. The molecule has 1 aromatic heterocycles. The molecule has 9 heteroatoms. The fourth-order valence-electron chi connectivity index (χ4n) is 0.946. The van der Waals surface area contributed by atoms with Crippen LogP contribution < -0.4 is 10.1 Å². The van der Waals surface area contributed by atoms with E-state index >= 15 is 0 Å². The lowest BCUT2D eigenvalue weighted by atomic mass is 10.3. The Morgan fingerprint density at radius 2 is 2.24 bits per heavy atom. The van der Waals surface area contributed by atoms with Crippen molar-refractivity contribution >= 4 is 11.9 Å². The van der Waals surface area contributed by atoms with E-state index in [1.807, 2.05) is 0 Å². The van der Waals surface area contributed by atoms with Crippen molar-refractivity contribution in [1.82, 2.24) is 15.2 Å². The predicted molar refractivity (Wildman–Crippen MR) is 51.5 cm³/mol. The Kier molecular flexibility index (Phi) is 4.30. The number of nitrogens with one attached hydrogen (secondary N) is 2. The minimum absolute atomic E-state index is 0.0265. The number of aromatic amines is 1. The van der Waals surface area contributed by atoms with Crippen LogP contribution in [0.15, 0.2) is 0 Å². The van der Waals surface area contributed by atoms with Crippen LogP contribution in [0.1, 0.15) is 19.8 Å². The van der Waals surface area contributed by atoms with E-state index in [0.717, 1.165) is 0 Å². The normalized spacial score (nSPS) is 11.3. The summed E-state index contributed by atoms with van der Waals surface area (Å²) < 4.78 is 40.4. The number of H-pyrrole nitrogens is 1. The number of rotatable bonds is 5. The van der Waals surface area contributed by atoms with Crippen molar-refractivity contribution in [1.29, 1.82) is 0 Å². The minimum atomic E-state index is -4.35. The molecule has 0 saturated carbocycles. The van der Waals surface area contributed by atoms with E-state index in [-0.39, 0.29) is 12.0 Å². The van der Waals surface area contributed by atoms with Crippen LogP contribution in [0.25, 0.3) is 0 Å². The molecular formula is C8H11F3N4O2. The maximum Gasteiger partial charge on any atom is 0.389 e. The van der Waals surface area contributed by atoms with Crippen molar-refractivity contribution < 1.29 is 22.7 Å². The topological polar surface area (TPSA) is 79.9 Å². The molecule has 0 fully saturated rings. The fraction of sp³-hybridized carbons (Fsp3) is 0.625. The van der Waals surface area contributed by atoms with Gasteiger partial charge < -0.3 is 4.74 Å². The number of amides is 1. The highest BCUT2D eigenvalue weighted by Crippen LogP contribution is 2.21. The van der Waals surface area contributed by atoms with Crippen molar-refractivity contribution in [2.24, 2.45) is 0 Å². The number of hydrogen-bond donors (Lipinski definition) is 2. The molecule has 0 spiro atoms. The lowest BCUT2D eigenvalue weighted by molar-refractivity contribution is -0.142. The van der Waals surface area contributed by atoms with Gasteiger partial charge in [-0.15, -0.1) is 5.10 Å². The van der Waals surface area contributed by atoms with Crippen molar-refractivity contribution in [3.63, 3.8) is 0 Å². The van der Waals surface area contributed by atoms with Crippen LogP contribution in [0.2, 0.25) is 0 Å². The number of carbonyl (C=O) groups is 1. The zero-order valence-electron chi connectivity index (χ0n) is 8.97. The molecule has 0 saturated heterocycles. The molecule has 2 N–H and O–H groups in total. The van der Waals surface area contributed by atoms with E-state index in [1.54, 1.807) is 6.92 Å². The Hall–Kier alpha value is -1.80. The summed E-state index contributed by atoms with van der Waals surface area (Å²) in [6.07, 6.45) is -6.19. The quantitative estimate of drug-likeness (QED) is 0.831. The van der Waals surface area contributed by atoms with Crippen molar-refractivity contribution in [3.05, 3.63) is 0 Å². The summed E-state index contributed by atoms with van der Waals surface area (Å²) in [6, 6.07) is 0.0265. The Morgan fingerprint density at radius 3 is 2.82 bits per heavy atom. The van der Waals surface area contributed by atoms with Gasteiger partial charge in [-0.1, -0.05) is 0 Å². The summed E-state index contributed by atoms with van der Waals surface area (Å²) in [5, 5.41) is 8.04. The molecule has 1 amide bonds. The van der Waals surface area contributed by atoms with E-state index in [4.69, 9.17) is 4.74 Å². The largest absolute Gasteiger partial charge is 0.463 e. The second-order valence-corrected chi connectivity index (χ2v) is 3.06. The maximum absolute atomic E-state index is 11.8. The first-order chi connectivity index (χ1) is 7.90. The van der Waals surface area contributed by atoms with E-state index in [2.05, 4.69) is 20.5 Å². The van der Waals surface area contributed by atoms with E-state index < -0.39 is 24.9 Å².